The van der Waals surface area contributed by atoms with Gasteiger partial charge in [0.05, 0.1) is 5.41 Å². The predicted molar refractivity (Wildman–Crippen MR) is 108 cm³/mol. The summed E-state index contributed by atoms with van der Waals surface area (Å²) in [5, 5.41) is 9.83. The van der Waals surface area contributed by atoms with Gasteiger partial charge >= 0.3 is 0 Å². The maximum Gasteiger partial charge on any atom is 0.246 e. The van der Waals surface area contributed by atoms with Crippen LogP contribution in [0.2, 0.25) is 0 Å². The van der Waals surface area contributed by atoms with Crippen molar-refractivity contribution in [1.29, 1.82) is 0 Å². The summed E-state index contributed by atoms with van der Waals surface area (Å²) in [6.45, 7) is 1.95. The summed E-state index contributed by atoms with van der Waals surface area (Å²) in [6.07, 6.45) is 4.63. The van der Waals surface area contributed by atoms with E-state index >= 15 is 0 Å². The van der Waals surface area contributed by atoms with Crippen molar-refractivity contribution in [2.75, 3.05) is 25.1 Å². The molecule has 28 heavy (non-hydrogen) atoms. The number of carbonyl (C=O) groups excluding carboxylic acids is 2. The molecule has 0 aliphatic carbocycles. The largest absolute Gasteiger partial charge is 0.381 e. The van der Waals surface area contributed by atoms with E-state index in [0.717, 1.165) is 5.56 Å². The Morgan fingerprint density at radius 3 is 2.71 bits per heavy atom. The van der Waals surface area contributed by atoms with Crippen LogP contribution in [-0.4, -0.2) is 41.4 Å². The molecule has 3 rings (SSSR count). The highest BCUT2D eigenvalue weighted by molar-refractivity contribution is 5.90. The first kappa shape index (κ1) is 21.9. The fourth-order valence-corrected chi connectivity index (χ4v) is 3.16. The van der Waals surface area contributed by atoms with E-state index in [1.807, 2.05) is 24.3 Å². The Morgan fingerprint density at radius 1 is 1.25 bits per heavy atom. The molecule has 0 radical (unpaired) electrons. The third kappa shape index (κ3) is 5.54. The van der Waals surface area contributed by atoms with Crippen LogP contribution < -0.4 is 16.4 Å². The zero-order chi connectivity index (χ0) is 19.1. The van der Waals surface area contributed by atoms with Crippen molar-refractivity contribution in [3.63, 3.8) is 0 Å². The number of anilines is 1. The molecule has 1 aromatic carbocycles. The molecule has 2 aromatic rings. The van der Waals surface area contributed by atoms with Gasteiger partial charge in [-0.05, 0) is 36.6 Å². The van der Waals surface area contributed by atoms with E-state index in [1.54, 1.807) is 23.1 Å². The number of carbonyl (C=O) groups is 2. The van der Waals surface area contributed by atoms with Crippen LogP contribution in [-0.2, 0) is 27.4 Å². The van der Waals surface area contributed by atoms with Gasteiger partial charge in [0, 0.05) is 44.4 Å². The first-order valence-electron chi connectivity index (χ1n) is 9.04. The standard InChI is InChI=1S/C19H25N5O3.ClH/c20-14-19(5-9-27-10-6-19)18(26)21-12-15-3-1-4-16(11-15)23-17(25)13-24-8-2-7-22-24;/h1-4,7-8,11H,5-6,9-10,12-14,20H2,(H,21,26)(H,23,25);1H. The molecule has 1 aliphatic heterocycles. The first-order valence-corrected chi connectivity index (χ1v) is 9.04. The van der Waals surface area contributed by atoms with E-state index in [-0.39, 0.29) is 30.8 Å². The second-order valence-corrected chi connectivity index (χ2v) is 6.73. The van der Waals surface area contributed by atoms with Crippen molar-refractivity contribution < 1.29 is 14.3 Å². The lowest BCUT2D eigenvalue weighted by atomic mass is 9.79. The number of rotatable bonds is 7. The smallest absolute Gasteiger partial charge is 0.246 e. The van der Waals surface area contributed by atoms with Crippen molar-refractivity contribution in [1.82, 2.24) is 15.1 Å². The minimum Gasteiger partial charge on any atom is -0.381 e. The van der Waals surface area contributed by atoms with Gasteiger partial charge in [-0.2, -0.15) is 5.10 Å². The minimum absolute atomic E-state index is 0. The third-order valence-electron chi connectivity index (χ3n) is 4.85. The van der Waals surface area contributed by atoms with Gasteiger partial charge in [-0.1, -0.05) is 12.1 Å². The molecule has 0 bridgehead atoms. The Hall–Kier alpha value is -2.42. The summed E-state index contributed by atoms with van der Waals surface area (Å²) < 4.78 is 6.90. The Bertz CT molecular complexity index is 776. The molecule has 4 N–H and O–H groups in total. The van der Waals surface area contributed by atoms with Gasteiger partial charge in [0.25, 0.3) is 0 Å². The monoisotopic (exact) mass is 407 g/mol. The average Bonchev–Trinajstić information content (AvgIpc) is 3.19. The zero-order valence-electron chi connectivity index (χ0n) is 15.6. The number of hydrogen-bond acceptors (Lipinski definition) is 5. The van der Waals surface area contributed by atoms with Crippen LogP contribution in [0.4, 0.5) is 5.69 Å². The molecule has 1 aromatic heterocycles. The van der Waals surface area contributed by atoms with Gasteiger partial charge in [-0.15, -0.1) is 12.4 Å². The molecule has 0 unspecified atom stereocenters. The molecule has 0 spiro atoms. The van der Waals surface area contributed by atoms with Crippen molar-refractivity contribution in [2.45, 2.75) is 25.9 Å². The van der Waals surface area contributed by atoms with Crippen LogP contribution in [0.1, 0.15) is 18.4 Å². The Kier molecular flexibility index (Phi) is 7.98. The van der Waals surface area contributed by atoms with Gasteiger partial charge < -0.3 is 21.1 Å². The number of benzene rings is 1. The topological polar surface area (TPSA) is 111 Å². The van der Waals surface area contributed by atoms with Crippen LogP contribution in [0, 0.1) is 5.41 Å². The number of hydrogen-bond donors (Lipinski definition) is 3. The van der Waals surface area contributed by atoms with Crippen molar-refractivity contribution in [2.24, 2.45) is 11.1 Å². The van der Waals surface area contributed by atoms with E-state index in [0.29, 0.717) is 44.8 Å². The minimum atomic E-state index is -0.548. The Labute approximate surface area is 170 Å². The number of amides is 2. The van der Waals surface area contributed by atoms with Crippen molar-refractivity contribution >= 4 is 29.9 Å². The quantitative estimate of drug-likeness (QED) is 0.640. The fourth-order valence-electron chi connectivity index (χ4n) is 3.16. The van der Waals surface area contributed by atoms with E-state index in [2.05, 4.69) is 15.7 Å². The molecule has 0 atom stereocenters. The highest BCUT2D eigenvalue weighted by atomic mass is 35.5. The third-order valence-corrected chi connectivity index (χ3v) is 4.85. The zero-order valence-corrected chi connectivity index (χ0v) is 16.4. The number of nitrogens with zero attached hydrogens (tertiary/aromatic N) is 2. The summed E-state index contributed by atoms with van der Waals surface area (Å²) >= 11 is 0. The molecule has 0 saturated carbocycles. The molecule has 1 fully saturated rings. The molecule has 8 nitrogen and oxygen atoms in total. The van der Waals surface area contributed by atoms with Gasteiger partial charge in [-0.3, -0.25) is 14.3 Å². The summed E-state index contributed by atoms with van der Waals surface area (Å²) in [5.41, 5.74) is 6.91. The van der Waals surface area contributed by atoms with Crippen LogP contribution in [0.3, 0.4) is 0 Å². The fraction of sp³-hybridized carbons (Fsp3) is 0.421. The summed E-state index contributed by atoms with van der Waals surface area (Å²) in [4.78, 5) is 24.7. The molecule has 1 saturated heterocycles. The molecule has 152 valence electrons. The van der Waals surface area contributed by atoms with Crippen molar-refractivity contribution in [3.05, 3.63) is 48.3 Å². The van der Waals surface area contributed by atoms with E-state index < -0.39 is 5.41 Å². The molecule has 2 heterocycles. The summed E-state index contributed by atoms with van der Waals surface area (Å²) in [7, 11) is 0. The Balaban J connectivity index is 0.00000280. The number of halogens is 1. The predicted octanol–water partition coefficient (Wildman–Crippen LogP) is 1.32. The first-order chi connectivity index (χ1) is 13.1. The number of ether oxygens (including phenoxy) is 1. The van der Waals surface area contributed by atoms with Gasteiger partial charge in [-0.25, -0.2) is 0 Å². The van der Waals surface area contributed by atoms with Crippen molar-refractivity contribution in [3.8, 4) is 0 Å². The lowest BCUT2D eigenvalue weighted by molar-refractivity contribution is -0.136. The lowest BCUT2D eigenvalue weighted by Gasteiger charge is -2.34. The second kappa shape index (κ2) is 10.2. The van der Waals surface area contributed by atoms with Gasteiger partial charge in [0.1, 0.15) is 6.54 Å². The Morgan fingerprint density at radius 2 is 2.04 bits per heavy atom. The normalized spacial score (nSPS) is 15.3. The van der Waals surface area contributed by atoms with Gasteiger partial charge in [0.2, 0.25) is 11.8 Å². The maximum absolute atomic E-state index is 12.6. The van der Waals surface area contributed by atoms with Crippen LogP contribution in [0.5, 0.6) is 0 Å². The molecule has 9 heteroatoms. The van der Waals surface area contributed by atoms with Crippen LogP contribution >= 0.6 is 12.4 Å². The van der Waals surface area contributed by atoms with E-state index in [4.69, 9.17) is 10.5 Å². The molecular weight excluding hydrogens is 382 g/mol. The summed E-state index contributed by atoms with van der Waals surface area (Å²) in [5.74, 6) is -0.203. The summed E-state index contributed by atoms with van der Waals surface area (Å²) in [6, 6.07) is 9.18. The van der Waals surface area contributed by atoms with E-state index in [1.165, 1.54) is 0 Å². The molecule has 1 aliphatic rings. The van der Waals surface area contributed by atoms with Crippen LogP contribution in [0.25, 0.3) is 0 Å². The number of nitrogens with two attached hydrogens (primary N) is 1. The lowest BCUT2D eigenvalue weighted by Crippen LogP contribution is -2.48. The SMILES string of the molecule is Cl.NCC1(C(=O)NCc2cccc(NC(=O)Cn3cccn3)c2)CCOCC1. The highest BCUT2D eigenvalue weighted by Gasteiger charge is 2.38. The second-order valence-electron chi connectivity index (χ2n) is 6.73. The van der Waals surface area contributed by atoms with E-state index in [9.17, 15) is 9.59 Å². The number of nitrogens with one attached hydrogen (secondary N) is 2. The maximum atomic E-state index is 12.6. The molecule has 2 amide bonds. The average molecular weight is 408 g/mol. The number of aromatic nitrogens is 2. The van der Waals surface area contributed by atoms with Crippen LogP contribution in [0.15, 0.2) is 42.7 Å². The highest BCUT2D eigenvalue weighted by Crippen LogP contribution is 2.29. The molecular formula is C19H26ClN5O3. The van der Waals surface area contributed by atoms with Gasteiger partial charge in [0.15, 0.2) is 0 Å².